The van der Waals surface area contributed by atoms with Gasteiger partial charge < -0.3 is 5.32 Å². The molecule has 1 aliphatic rings. The lowest BCUT2D eigenvalue weighted by Gasteiger charge is -2.15. The number of nitrogens with one attached hydrogen (secondary N) is 1. The van der Waals surface area contributed by atoms with E-state index in [0.717, 1.165) is 30.1 Å². The van der Waals surface area contributed by atoms with E-state index in [9.17, 15) is 18.0 Å². The number of hydrogen-bond acceptors (Lipinski definition) is 4. The van der Waals surface area contributed by atoms with Gasteiger partial charge in [-0.25, -0.2) is 9.50 Å². The quantitative estimate of drug-likeness (QED) is 0.373. The second-order valence-electron chi connectivity index (χ2n) is 7.90. The summed E-state index contributed by atoms with van der Waals surface area (Å²) in [5, 5.41) is 7.87. The molecule has 10 heteroatoms. The average Bonchev–Trinajstić information content (AvgIpc) is 3.48. The van der Waals surface area contributed by atoms with Crippen LogP contribution in [-0.2, 0) is 6.18 Å². The van der Waals surface area contributed by atoms with Crippen molar-refractivity contribution in [1.29, 1.82) is 0 Å². The molecule has 1 amide bonds. The van der Waals surface area contributed by atoms with Crippen molar-refractivity contribution in [2.75, 3.05) is 11.5 Å². The Morgan fingerprint density at radius 2 is 1.85 bits per heavy atom. The first kappa shape index (κ1) is 22.7. The van der Waals surface area contributed by atoms with Gasteiger partial charge in [0, 0.05) is 39.7 Å². The topological polar surface area (TPSA) is 59.3 Å². The predicted molar refractivity (Wildman–Crippen MR) is 127 cm³/mol. The van der Waals surface area contributed by atoms with Gasteiger partial charge in [0.15, 0.2) is 5.65 Å². The van der Waals surface area contributed by atoms with E-state index in [-0.39, 0.29) is 11.9 Å². The number of carbonyl (C=O) groups excluding carboxylic acids is 1. The number of halogens is 4. The molecule has 1 unspecified atom stereocenters. The highest BCUT2D eigenvalue weighted by Gasteiger charge is 2.30. The molecule has 2 aromatic heterocycles. The maximum Gasteiger partial charge on any atom is 0.416 e. The van der Waals surface area contributed by atoms with Crippen LogP contribution in [0.5, 0.6) is 0 Å². The van der Waals surface area contributed by atoms with Gasteiger partial charge in [0.05, 0.1) is 17.5 Å². The minimum absolute atomic E-state index is 0.0873. The molecule has 0 spiro atoms. The van der Waals surface area contributed by atoms with E-state index in [2.05, 4.69) is 15.4 Å². The van der Waals surface area contributed by atoms with Crippen molar-refractivity contribution >= 4 is 34.9 Å². The van der Waals surface area contributed by atoms with Gasteiger partial charge in [0.25, 0.3) is 5.91 Å². The Morgan fingerprint density at radius 3 is 2.53 bits per heavy atom. The molecule has 34 heavy (non-hydrogen) atoms. The van der Waals surface area contributed by atoms with Gasteiger partial charge in [-0.2, -0.15) is 30.0 Å². The molecule has 1 N–H and O–H groups in total. The summed E-state index contributed by atoms with van der Waals surface area (Å²) in [5.41, 5.74) is 2.07. The van der Waals surface area contributed by atoms with Crippen LogP contribution in [0.15, 0.2) is 60.9 Å². The number of benzene rings is 2. The Kier molecular flexibility index (Phi) is 5.99. The van der Waals surface area contributed by atoms with Crippen molar-refractivity contribution < 1.29 is 18.0 Å². The molecule has 4 aromatic rings. The predicted octanol–water partition coefficient (Wildman–Crippen LogP) is 5.97. The summed E-state index contributed by atoms with van der Waals surface area (Å²) >= 11 is 8.22. The fourth-order valence-corrected chi connectivity index (χ4v) is 5.36. The molecule has 3 heterocycles. The molecule has 0 bridgehead atoms. The van der Waals surface area contributed by atoms with Crippen molar-refractivity contribution in [3.63, 3.8) is 0 Å². The van der Waals surface area contributed by atoms with Crippen molar-refractivity contribution in [2.24, 2.45) is 0 Å². The third-order valence-corrected chi connectivity index (χ3v) is 7.18. The van der Waals surface area contributed by atoms with Gasteiger partial charge in [-0.05, 0) is 30.4 Å². The largest absolute Gasteiger partial charge is 0.416 e. The number of alkyl halides is 3. The lowest BCUT2D eigenvalue weighted by atomic mass is 9.99. The second kappa shape index (κ2) is 8.96. The van der Waals surface area contributed by atoms with E-state index in [0.29, 0.717) is 38.6 Å². The smallest absolute Gasteiger partial charge is 0.348 e. The number of rotatable bonds is 4. The summed E-state index contributed by atoms with van der Waals surface area (Å²) < 4.78 is 40.9. The standard InChI is InChI=1S/C24H18ClF3N4OS/c25-20-4-2-1-3-17(20)18-11-29-22-19(23(33)31-16-9-10-34-13-16)12-30-32(22)21(18)14-5-7-15(8-6-14)24(26,27)28/h1-8,11-12,16H,9-10,13H2,(H,31,33). The molecule has 174 valence electrons. The molecule has 5 rings (SSSR count). The zero-order valence-electron chi connectivity index (χ0n) is 17.6. The molecule has 2 aromatic carbocycles. The van der Waals surface area contributed by atoms with Crippen LogP contribution in [0.4, 0.5) is 13.2 Å². The molecular weight excluding hydrogens is 485 g/mol. The zero-order valence-corrected chi connectivity index (χ0v) is 19.2. The van der Waals surface area contributed by atoms with Crippen molar-refractivity contribution in [2.45, 2.75) is 18.6 Å². The summed E-state index contributed by atoms with van der Waals surface area (Å²) in [6.45, 7) is 0. The Labute approximate surface area is 202 Å². The number of thioether (sulfide) groups is 1. The third kappa shape index (κ3) is 4.25. The van der Waals surface area contributed by atoms with Gasteiger partial charge >= 0.3 is 6.18 Å². The summed E-state index contributed by atoms with van der Waals surface area (Å²) in [6, 6.07) is 12.0. The first-order valence-corrected chi connectivity index (χ1v) is 12.0. The van der Waals surface area contributed by atoms with E-state index < -0.39 is 11.7 Å². The molecule has 1 atom stereocenters. The van der Waals surface area contributed by atoms with Crippen LogP contribution in [0.25, 0.3) is 28.0 Å². The lowest BCUT2D eigenvalue weighted by molar-refractivity contribution is -0.137. The first-order valence-electron chi connectivity index (χ1n) is 10.5. The molecular formula is C24H18ClF3N4OS. The number of aromatic nitrogens is 3. The number of hydrogen-bond donors (Lipinski definition) is 1. The summed E-state index contributed by atoms with van der Waals surface area (Å²) in [5.74, 6) is 1.57. The van der Waals surface area contributed by atoms with Gasteiger partial charge in [0.1, 0.15) is 5.56 Å². The minimum Gasteiger partial charge on any atom is -0.348 e. The molecule has 1 aliphatic heterocycles. The van der Waals surface area contributed by atoms with Crippen molar-refractivity contribution in [1.82, 2.24) is 19.9 Å². The number of carbonyl (C=O) groups is 1. The van der Waals surface area contributed by atoms with Crippen molar-refractivity contribution in [3.05, 3.63) is 77.1 Å². The minimum atomic E-state index is -4.45. The average molecular weight is 503 g/mol. The van der Waals surface area contributed by atoms with E-state index in [4.69, 9.17) is 11.6 Å². The fraction of sp³-hybridized carbons (Fsp3) is 0.208. The van der Waals surface area contributed by atoms with Crippen LogP contribution in [0, 0.1) is 0 Å². The molecule has 1 fully saturated rings. The Bertz CT molecular complexity index is 1370. The number of fused-ring (bicyclic) bond motifs is 1. The SMILES string of the molecule is O=C(NC1CCSC1)c1cnn2c(-c3ccc(C(F)(F)F)cc3)c(-c3ccccc3Cl)cnc12. The number of nitrogens with zero attached hydrogens (tertiary/aromatic N) is 3. The van der Waals surface area contributed by atoms with Crippen molar-refractivity contribution in [3.8, 4) is 22.4 Å². The van der Waals surface area contributed by atoms with Gasteiger partial charge in [-0.1, -0.05) is 41.9 Å². The third-order valence-electron chi connectivity index (χ3n) is 5.69. The highest BCUT2D eigenvalue weighted by atomic mass is 35.5. The lowest BCUT2D eigenvalue weighted by Crippen LogP contribution is -2.34. The Hall–Kier alpha value is -3.04. The summed E-state index contributed by atoms with van der Waals surface area (Å²) in [7, 11) is 0. The van der Waals surface area contributed by atoms with E-state index >= 15 is 0 Å². The van der Waals surface area contributed by atoms with Crippen LogP contribution in [0.1, 0.15) is 22.3 Å². The number of amides is 1. The summed E-state index contributed by atoms with van der Waals surface area (Å²) in [6.07, 6.45) is -0.541. The molecule has 0 radical (unpaired) electrons. The van der Waals surface area contributed by atoms with E-state index in [1.54, 1.807) is 36.2 Å². The maximum atomic E-state index is 13.1. The van der Waals surface area contributed by atoms with Crippen LogP contribution < -0.4 is 5.32 Å². The second-order valence-corrected chi connectivity index (χ2v) is 9.46. The van der Waals surface area contributed by atoms with Crippen LogP contribution in [0.3, 0.4) is 0 Å². The Morgan fingerprint density at radius 1 is 1.09 bits per heavy atom. The highest BCUT2D eigenvalue weighted by molar-refractivity contribution is 7.99. The summed E-state index contributed by atoms with van der Waals surface area (Å²) in [4.78, 5) is 17.4. The van der Waals surface area contributed by atoms with E-state index in [1.807, 2.05) is 6.07 Å². The van der Waals surface area contributed by atoms with E-state index in [1.165, 1.54) is 22.8 Å². The fourth-order valence-electron chi connectivity index (χ4n) is 3.97. The van der Waals surface area contributed by atoms with Crippen LogP contribution in [-0.4, -0.2) is 38.1 Å². The van der Waals surface area contributed by atoms with Crippen LogP contribution in [0.2, 0.25) is 5.02 Å². The van der Waals surface area contributed by atoms with Gasteiger partial charge in [0.2, 0.25) is 0 Å². The normalized spacial score (nSPS) is 16.2. The Balaban J connectivity index is 1.66. The molecule has 5 nitrogen and oxygen atoms in total. The van der Waals surface area contributed by atoms with Crippen LogP contribution >= 0.6 is 23.4 Å². The first-order chi connectivity index (χ1) is 16.3. The highest BCUT2D eigenvalue weighted by Crippen LogP contribution is 2.37. The van der Waals surface area contributed by atoms with Gasteiger partial charge in [-0.3, -0.25) is 4.79 Å². The molecule has 0 saturated carbocycles. The molecule has 0 aliphatic carbocycles. The monoisotopic (exact) mass is 502 g/mol. The molecule has 1 saturated heterocycles. The van der Waals surface area contributed by atoms with Gasteiger partial charge in [-0.15, -0.1) is 0 Å². The zero-order chi connectivity index (χ0) is 23.9. The maximum absolute atomic E-state index is 13.1.